The normalized spacial score (nSPS) is 31.3. The van der Waals surface area contributed by atoms with E-state index in [0.717, 1.165) is 4.90 Å². The lowest BCUT2D eigenvalue weighted by Gasteiger charge is -2.29. The number of halogens is 2. The van der Waals surface area contributed by atoms with Crippen molar-refractivity contribution in [2.45, 2.75) is 22.5 Å². The second-order valence-corrected chi connectivity index (χ2v) is 7.92. The smallest absolute Gasteiger partial charge is 0.237 e. The maximum atomic E-state index is 12.6. The predicted octanol–water partition coefficient (Wildman–Crippen LogP) is 1.48. The zero-order chi connectivity index (χ0) is 16.0. The number of imide groups is 1. The molecule has 1 heterocycles. The molecule has 22 heavy (non-hydrogen) atoms. The van der Waals surface area contributed by atoms with Crippen molar-refractivity contribution in [3.8, 4) is 0 Å². The van der Waals surface area contributed by atoms with Gasteiger partial charge in [-0.1, -0.05) is 44.0 Å². The van der Waals surface area contributed by atoms with Crippen molar-refractivity contribution in [2.24, 2.45) is 11.8 Å². The summed E-state index contributed by atoms with van der Waals surface area (Å²) in [4.78, 5) is 37.5. The fraction of sp³-hybridized carbons (Fsp3) is 0.400. The van der Waals surface area contributed by atoms with Crippen molar-refractivity contribution < 1.29 is 19.5 Å². The van der Waals surface area contributed by atoms with E-state index >= 15 is 0 Å². The molecular formula is C15H12Br2NO4-. The Kier molecular flexibility index (Phi) is 4.11. The van der Waals surface area contributed by atoms with Crippen LogP contribution in [0.3, 0.4) is 0 Å². The van der Waals surface area contributed by atoms with Gasteiger partial charge in [-0.15, -0.1) is 0 Å². The topological polar surface area (TPSA) is 77.5 Å². The van der Waals surface area contributed by atoms with Crippen LogP contribution in [-0.2, 0) is 9.59 Å². The molecule has 1 aliphatic heterocycles. The maximum absolute atomic E-state index is 12.6. The van der Waals surface area contributed by atoms with E-state index in [-0.39, 0.29) is 38.9 Å². The minimum atomic E-state index is -1.33. The molecule has 0 radical (unpaired) electrons. The molecule has 1 saturated heterocycles. The highest BCUT2D eigenvalue weighted by molar-refractivity contribution is 9.12. The van der Waals surface area contributed by atoms with Crippen LogP contribution in [0.2, 0.25) is 0 Å². The van der Waals surface area contributed by atoms with E-state index in [0.29, 0.717) is 18.5 Å². The van der Waals surface area contributed by atoms with E-state index in [2.05, 4.69) is 31.9 Å². The Balaban J connectivity index is 1.95. The number of amides is 2. The van der Waals surface area contributed by atoms with Crippen molar-refractivity contribution >= 4 is 55.3 Å². The number of carboxylic acids is 1. The number of anilines is 1. The fourth-order valence-electron chi connectivity index (χ4n) is 3.12. The quantitative estimate of drug-likeness (QED) is 0.527. The van der Waals surface area contributed by atoms with Gasteiger partial charge < -0.3 is 9.90 Å². The van der Waals surface area contributed by atoms with Gasteiger partial charge in [0.2, 0.25) is 11.8 Å². The summed E-state index contributed by atoms with van der Waals surface area (Å²) in [5.74, 6) is -2.54. The Labute approximate surface area is 143 Å². The summed E-state index contributed by atoms with van der Waals surface area (Å²) < 4.78 is 0. The van der Waals surface area contributed by atoms with Crippen LogP contribution in [-0.4, -0.2) is 27.4 Å². The lowest BCUT2D eigenvalue weighted by molar-refractivity contribution is -0.255. The highest BCUT2D eigenvalue weighted by Crippen LogP contribution is 2.44. The van der Waals surface area contributed by atoms with Gasteiger partial charge in [-0.25, -0.2) is 0 Å². The Bertz CT molecular complexity index is 635. The molecule has 0 N–H and O–H groups in total. The maximum Gasteiger partial charge on any atom is 0.237 e. The zero-order valence-electron chi connectivity index (χ0n) is 11.4. The lowest BCUT2D eigenvalue weighted by atomic mass is 9.81. The molecule has 5 nitrogen and oxygen atoms in total. The van der Waals surface area contributed by atoms with Gasteiger partial charge in [0.15, 0.2) is 0 Å². The number of benzene rings is 1. The summed E-state index contributed by atoms with van der Waals surface area (Å²) in [6, 6.07) is 5.75. The van der Waals surface area contributed by atoms with Gasteiger partial charge in [-0.2, -0.15) is 0 Å². The van der Waals surface area contributed by atoms with Crippen LogP contribution in [0.5, 0.6) is 0 Å². The first-order valence-electron chi connectivity index (χ1n) is 6.87. The molecule has 1 saturated carbocycles. The number of hydrogen-bond donors (Lipinski definition) is 0. The average molecular weight is 430 g/mol. The summed E-state index contributed by atoms with van der Waals surface area (Å²) >= 11 is 7.06. The fourth-order valence-corrected chi connectivity index (χ4v) is 4.36. The van der Waals surface area contributed by atoms with Crippen LogP contribution in [0, 0.1) is 11.8 Å². The van der Waals surface area contributed by atoms with Crippen molar-refractivity contribution in [3.63, 3.8) is 0 Å². The van der Waals surface area contributed by atoms with Crippen LogP contribution >= 0.6 is 31.9 Å². The van der Waals surface area contributed by atoms with Crippen LogP contribution in [0.25, 0.3) is 0 Å². The molecule has 2 aliphatic rings. The standard InChI is InChI=1S/C15H13Br2NO4/c16-11-5-9-10(6-12(11)17)14(20)18(13(9)19)8-3-1-2-7(4-8)15(21)22/h1-4,9-12H,5-6H2,(H,21,22)/p-1/t9-,10-,11+,12+/m0/s1. The summed E-state index contributed by atoms with van der Waals surface area (Å²) in [6.07, 6.45) is 1.17. The van der Waals surface area contributed by atoms with Crippen LogP contribution in [0.15, 0.2) is 24.3 Å². The summed E-state index contributed by atoms with van der Waals surface area (Å²) in [6.45, 7) is 0. The Hall–Kier alpha value is -1.21. The third-order valence-corrected chi connectivity index (χ3v) is 6.98. The number of rotatable bonds is 2. The van der Waals surface area contributed by atoms with Crippen molar-refractivity contribution in [2.75, 3.05) is 4.90 Å². The number of carbonyl (C=O) groups excluding carboxylic acids is 3. The highest BCUT2D eigenvalue weighted by atomic mass is 79.9. The van der Waals surface area contributed by atoms with Crippen LogP contribution in [0.1, 0.15) is 23.2 Å². The average Bonchev–Trinajstić information content (AvgIpc) is 2.71. The highest BCUT2D eigenvalue weighted by Gasteiger charge is 2.52. The molecule has 116 valence electrons. The molecule has 0 spiro atoms. The third kappa shape index (κ3) is 2.50. The minimum Gasteiger partial charge on any atom is -0.545 e. The zero-order valence-corrected chi connectivity index (χ0v) is 14.5. The number of hydrogen-bond acceptors (Lipinski definition) is 4. The van der Waals surface area contributed by atoms with Gasteiger partial charge in [0.05, 0.1) is 23.5 Å². The second kappa shape index (κ2) is 5.77. The minimum absolute atomic E-state index is 0.0512. The van der Waals surface area contributed by atoms with E-state index in [4.69, 9.17) is 0 Å². The third-order valence-electron chi connectivity index (χ3n) is 4.25. The molecule has 0 unspecified atom stereocenters. The Morgan fingerprint density at radius 1 is 1.09 bits per heavy atom. The SMILES string of the molecule is O=C([O-])c1cccc(N2C(=O)[C@H]3C[C@@H](Br)[C@H](Br)C[C@@H]3C2=O)c1. The number of carboxylic acid groups (broad SMARTS) is 1. The van der Waals surface area contributed by atoms with E-state index in [1.165, 1.54) is 18.2 Å². The van der Waals surface area contributed by atoms with Gasteiger partial charge in [0, 0.05) is 9.65 Å². The van der Waals surface area contributed by atoms with Crippen LogP contribution < -0.4 is 10.0 Å². The van der Waals surface area contributed by atoms with Crippen molar-refractivity contribution in [1.29, 1.82) is 0 Å². The van der Waals surface area contributed by atoms with Gasteiger partial charge in [-0.3, -0.25) is 14.5 Å². The van der Waals surface area contributed by atoms with Gasteiger partial charge in [-0.05, 0) is 30.5 Å². The van der Waals surface area contributed by atoms with E-state index in [1.54, 1.807) is 6.07 Å². The van der Waals surface area contributed by atoms with Gasteiger partial charge >= 0.3 is 0 Å². The number of aromatic carboxylic acids is 1. The number of nitrogens with zero attached hydrogens (tertiary/aromatic N) is 1. The molecule has 2 amide bonds. The first-order valence-corrected chi connectivity index (χ1v) is 8.70. The van der Waals surface area contributed by atoms with E-state index in [9.17, 15) is 19.5 Å². The number of carbonyl (C=O) groups is 3. The molecule has 1 aliphatic carbocycles. The first-order chi connectivity index (χ1) is 10.4. The predicted molar refractivity (Wildman–Crippen MR) is 84.9 cm³/mol. The molecule has 0 aromatic heterocycles. The first kappa shape index (κ1) is 15.7. The van der Waals surface area contributed by atoms with Gasteiger partial charge in [0.1, 0.15) is 0 Å². The summed E-state index contributed by atoms with van der Waals surface area (Å²) in [7, 11) is 0. The van der Waals surface area contributed by atoms with Crippen molar-refractivity contribution in [1.82, 2.24) is 0 Å². The summed E-state index contributed by atoms with van der Waals surface area (Å²) in [5.41, 5.74) is 0.244. The molecule has 1 aromatic carbocycles. The number of fused-ring (bicyclic) bond motifs is 1. The van der Waals surface area contributed by atoms with Gasteiger partial charge in [0.25, 0.3) is 0 Å². The molecule has 7 heteroatoms. The molecule has 3 rings (SSSR count). The van der Waals surface area contributed by atoms with E-state index < -0.39 is 5.97 Å². The molecule has 1 aromatic rings. The van der Waals surface area contributed by atoms with Crippen LogP contribution in [0.4, 0.5) is 5.69 Å². The second-order valence-electron chi connectivity index (χ2n) is 5.57. The molecule has 0 bridgehead atoms. The molecule has 4 atom stereocenters. The summed E-state index contributed by atoms with van der Waals surface area (Å²) in [5, 5.41) is 11.0. The largest absolute Gasteiger partial charge is 0.545 e. The number of alkyl halides is 2. The van der Waals surface area contributed by atoms with Crippen molar-refractivity contribution in [3.05, 3.63) is 29.8 Å². The Morgan fingerprint density at radius 2 is 1.64 bits per heavy atom. The lowest BCUT2D eigenvalue weighted by Crippen LogP contribution is -2.34. The molecular weight excluding hydrogens is 418 g/mol. The Morgan fingerprint density at radius 3 is 2.14 bits per heavy atom. The monoisotopic (exact) mass is 428 g/mol. The molecule has 2 fully saturated rings. The van der Waals surface area contributed by atoms with E-state index in [1.807, 2.05) is 0 Å².